The van der Waals surface area contributed by atoms with Crippen LogP contribution in [-0.4, -0.2) is 41.8 Å². The van der Waals surface area contributed by atoms with Crippen molar-refractivity contribution in [2.24, 2.45) is 0 Å². The number of amides is 2. The van der Waals surface area contributed by atoms with Gasteiger partial charge in [0.1, 0.15) is 18.0 Å². The van der Waals surface area contributed by atoms with Crippen molar-refractivity contribution in [3.8, 4) is 0 Å². The number of aromatic nitrogens is 1. The molecule has 2 rings (SSSR count). The van der Waals surface area contributed by atoms with Crippen molar-refractivity contribution < 1.29 is 18.8 Å². The van der Waals surface area contributed by atoms with Crippen LogP contribution in [0.3, 0.4) is 0 Å². The van der Waals surface area contributed by atoms with Crippen LogP contribution in [-0.2, 0) is 9.53 Å². The van der Waals surface area contributed by atoms with Crippen LogP contribution in [0.15, 0.2) is 10.6 Å². The molecular formula is C15H23N3O4. The Morgan fingerprint density at radius 3 is 2.95 bits per heavy atom. The predicted octanol–water partition coefficient (Wildman–Crippen LogP) is 2.21. The second kappa shape index (κ2) is 7.29. The zero-order valence-corrected chi connectivity index (χ0v) is 13.3. The molecule has 0 aliphatic carbocycles. The van der Waals surface area contributed by atoms with Gasteiger partial charge >= 0.3 is 12.0 Å². The van der Waals surface area contributed by atoms with Crippen molar-refractivity contribution >= 4 is 12.0 Å². The highest BCUT2D eigenvalue weighted by Gasteiger charge is 2.32. The summed E-state index contributed by atoms with van der Waals surface area (Å²) in [7, 11) is 0. The third kappa shape index (κ3) is 3.78. The van der Waals surface area contributed by atoms with Crippen molar-refractivity contribution in [2.45, 2.75) is 45.6 Å². The van der Waals surface area contributed by atoms with Crippen molar-refractivity contribution in [2.75, 3.05) is 19.7 Å². The topological polar surface area (TPSA) is 84.7 Å². The van der Waals surface area contributed by atoms with Gasteiger partial charge in [0.25, 0.3) is 0 Å². The molecule has 0 bridgehead atoms. The van der Waals surface area contributed by atoms with Gasteiger partial charge in [-0.2, -0.15) is 0 Å². The number of esters is 1. The fraction of sp³-hybridized carbons (Fsp3) is 0.667. The molecule has 7 nitrogen and oxygen atoms in total. The monoisotopic (exact) mass is 309 g/mol. The lowest BCUT2D eigenvalue weighted by Gasteiger charge is -2.23. The van der Waals surface area contributed by atoms with Gasteiger partial charge in [0.2, 0.25) is 0 Å². The molecule has 1 atom stereocenters. The SMILES string of the molecule is CCOC(=O)CNC(=O)N1CCC[C@@H]1c1cc(C(C)C)on1. The second-order valence-corrected chi connectivity index (χ2v) is 5.62. The van der Waals surface area contributed by atoms with E-state index in [9.17, 15) is 9.59 Å². The quantitative estimate of drug-likeness (QED) is 0.843. The van der Waals surface area contributed by atoms with Crippen LogP contribution in [0.5, 0.6) is 0 Å². The van der Waals surface area contributed by atoms with Gasteiger partial charge in [0, 0.05) is 18.5 Å². The maximum atomic E-state index is 12.2. The molecule has 0 spiro atoms. The Balaban J connectivity index is 1.97. The summed E-state index contributed by atoms with van der Waals surface area (Å²) in [6.07, 6.45) is 1.75. The standard InChI is InChI=1S/C15H23N3O4/c1-4-21-14(19)9-16-15(20)18-7-5-6-12(18)11-8-13(10(2)3)22-17-11/h8,10,12H,4-7,9H2,1-3H3,(H,16,20)/t12-/m1/s1. The number of nitrogens with zero attached hydrogens (tertiary/aromatic N) is 2. The summed E-state index contributed by atoms with van der Waals surface area (Å²) in [6.45, 7) is 6.62. The van der Waals surface area contributed by atoms with Crippen molar-refractivity contribution in [3.63, 3.8) is 0 Å². The number of rotatable bonds is 5. The average Bonchev–Trinajstić information content (AvgIpc) is 3.13. The number of hydrogen-bond donors (Lipinski definition) is 1. The third-order valence-electron chi connectivity index (χ3n) is 3.66. The van der Waals surface area contributed by atoms with Gasteiger partial charge in [-0.05, 0) is 19.8 Å². The molecule has 1 N–H and O–H groups in total. The summed E-state index contributed by atoms with van der Waals surface area (Å²) in [5.41, 5.74) is 0.771. The Labute approximate surface area is 130 Å². The second-order valence-electron chi connectivity index (χ2n) is 5.62. The Bertz CT molecular complexity index is 527. The third-order valence-corrected chi connectivity index (χ3v) is 3.66. The maximum absolute atomic E-state index is 12.2. The first-order chi connectivity index (χ1) is 10.5. The van der Waals surface area contributed by atoms with Crippen LogP contribution in [0.1, 0.15) is 57.0 Å². The fourth-order valence-electron chi connectivity index (χ4n) is 2.51. The van der Waals surface area contributed by atoms with E-state index in [1.165, 1.54) is 0 Å². The van der Waals surface area contributed by atoms with Gasteiger partial charge in [-0.25, -0.2) is 4.79 Å². The normalized spacial score (nSPS) is 17.8. The van der Waals surface area contributed by atoms with E-state index in [1.54, 1.807) is 11.8 Å². The minimum Gasteiger partial charge on any atom is -0.465 e. The van der Waals surface area contributed by atoms with Crippen molar-refractivity contribution in [1.29, 1.82) is 0 Å². The number of urea groups is 1. The number of hydrogen-bond acceptors (Lipinski definition) is 5. The number of carbonyl (C=O) groups excluding carboxylic acids is 2. The van der Waals surface area contributed by atoms with Crippen LogP contribution in [0, 0.1) is 0 Å². The molecule has 1 aliphatic heterocycles. The summed E-state index contributed by atoms with van der Waals surface area (Å²) in [5, 5.41) is 6.68. The minimum absolute atomic E-state index is 0.0987. The smallest absolute Gasteiger partial charge is 0.325 e. The Morgan fingerprint density at radius 1 is 1.55 bits per heavy atom. The molecule has 1 fully saturated rings. The molecule has 1 aromatic rings. The Hall–Kier alpha value is -2.05. The highest BCUT2D eigenvalue weighted by Crippen LogP contribution is 2.32. The number of nitrogens with one attached hydrogen (secondary N) is 1. The first-order valence-electron chi connectivity index (χ1n) is 7.69. The summed E-state index contributed by atoms with van der Waals surface area (Å²) in [6, 6.07) is 1.54. The molecule has 0 radical (unpaired) electrons. The van der Waals surface area contributed by atoms with Gasteiger partial charge in [0.15, 0.2) is 0 Å². The van der Waals surface area contributed by atoms with Gasteiger partial charge in [-0.3, -0.25) is 4.79 Å². The largest absolute Gasteiger partial charge is 0.465 e. The molecule has 1 aliphatic rings. The average molecular weight is 309 g/mol. The lowest BCUT2D eigenvalue weighted by Crippen LogP contribution is -2.42. The molecular weight excluding hydrogens is 286 g/mol. The van der Waals surface area contributed by atoms with E-state index < -0.39 is 5.97 Å². The lowest BCUT2D eigenvalue weighted by atomic mass is 10.1. The molecule has 0 aromatic carbocycles. The zero-order chi connectivity index (χ0) is 16.1. The van der Waals surface area contributed by atoms with Crippen LogP contribution in [0.4, 0.5) is 4.79 Å². The first-order valence-corrected chi connectivity index (χ1v) is 7.69. The van der Waals surface area contributed by atoms with E-state index >= 15 is 0 Å². The highest BCUT2D eigenvalue weighted by molar-refractivity contribution is 5.81. The maximum Gasteiger partial charge on any atom is 0.325 e. The van der Waals surface area contributed by atoms with E-state index in [0.29, 0.717) is 13.2 Å². The molecule has 7 heteroatoms. The van der Waals surface area contributed by atoms with E-state index in [4.69, 9.17) is 9.26 Å². The molecule has 22 heavy (non-hydrogen) atoms. The van der Waals surface area contributed by atoms with Gasteiger partial charge in [0.05, 0.1) is 12.6 Å². The predicted molar refractivity (Wildman–Crippen MR) is 79.3 cm³/mol. The van der Waals surface area contributed by atoms with Crippen LogP contribution in [0.2, 0.25) is 0 Å². The van der Waals surface area contributed by atoms with Crippen LogP contribution in [0.25, 0.3) is 0 Å². The van der Waals surface area contributed by atoms with E-state index in [1.807, 2.05) is 19.9 Å². The van der Waals surface area contributed by atoms with Crippen molar-refractivity contribution in [3.05, 3.63) is 17.5 Å². The molecule has 1 aromatic heterocycles. The summed E-state index contributed by atoms with van der Waals surface area (Å²) in [5.74, 6) is 0.637. The number of carbonyl (C=O) groups is 2. The summed E-state index contributed by atoms with van der Waals surface area (Å²) in [4.78, 5) is 25.2. The Kier molecular flexibility index (Phi) is 5.41. The number of likely N-dealkylation sites (tertiary alicyclic amines) is 1. The summed E-state index contributed by atoms with van der Waals surface area (Å²) >= 11 is 0. The first kappa shape index (κ1) is 16.3. The van der Waals surface area contributed by atoms with Gasteiger partial charge < -0.3 is 19.5 Å². The van der Waals surface area contributed by atoms with E-state index in [0.717, 1.165) is 24.3 Å². The van der Waals surface area contributed by atoms with Crippen LogP contribution >= 0.6 is 0 Å². The van der Waals surface area contributed by atoms with Crippen molar-refractivity contribution in [1.82, 2.24) is 15.4 Å². The molecule has 0 unspecified atom stereocenters. The van der Waals surface area contributed by atoms with E-state index in [2.05, 4.69) is 10.5 Å². The lowest BCUT2D eigenvalue weighted by molar-refractivity contribution is -0.141. The molecule has 1 saturated heterocycles. The molecule has 2 amide bonds. The number of ether oxygens (including phenoxy) is 1. The Morgan fingerprint density at radius 2 is 2.32 bits per heavy atom. The molecule has 2 heterocycles. The summed E-state index contributed by atoms with van der Waals surface area (Å²) < 4.78 is 10.1. The highest BCUT2D eigenvalue weighted by atomic mass is 16.5. The van der Waals surface area contributed by atoms with Gasteiger partial charge in [-0.15, -0.1) is 0 Å². The molecule has 0 saturated carbocycles. The van der Waals surface area contributed by atoms with Gasteiger partial charge in [-0.1, -0.05) is 19.0 Å². The minimum atomic E-state index is -0.435. The fourth-order valence-corrected chi connectivity index (χ4v) is 2.51. The van der Waals surface area contributed by atoms with Crippen LogP contribution < -0.4 is 5.32 Å². The zero-order valence-electron chi connectivity index (χ0n) is 13.3. The van der Waals surface area contributed by atoms with E-state index in [-0.39, 0.29) is 24.5 Å². The molecule has 122 valence electrons.